The zero-order chi connectivity index (χ0) is 15.5. The third kappa shape index (κ3) is 3.15. The number of halogens is 2. The lowest BCUT2D eigenvalue weighted by atomic mass is 10.1. The molecule has 1 fully saturated rings. The predicted molar refractivity (Wildman–Crippen MR) is 87.9 cm³/mol. The molecule has 1 aliphatic rings. The van der Waals surface area contributed by atoms with Crippen LogP contribution >= 0.6 is 23.4 Å². The average molecular weight is 340 g/mol. The highest BCUT2D eigenvalue weighted by Crippen LogP contribution is 2.35. The highest BCUT2D eigenvalue weighted by molar-refractivity contribution is 7.98. The molecule has 118 valence electrons. The maximum absolute atomic E-state index is 13.8. The highest BCUT2D eigenvalue weighted by Gasteiger charge is 2.24. The molecule has 0 unspecified atom stereocenters. The molecule has 22 heavy (non-hydrogen) atoms. The van der Waals surface area contributed by atoms with Crippen molar-refractivity contribution in [3.63, 3.8) is 0 Å². The first-order valence-electron chi connectivity index (χ1n) is 7.69. The van der Waals surface area contributed by atoms with Gasteiger partial charge in [-0.25, -0.2) is 4.39 Å². The molecule has 0 aliphatic heterocycles. The average Bonchev–Trinajstić information content (AvgIpc) is 3.15. The summed E-state index contributed by atoms with van der Waals surface area (Å²) in [4.78, 5) is 0. The maximum atomic E-state index is 13.8. The second-order valence-corrected chi connectivity index (χ2v) is 6.90. The van der Waals surface area contributed by atoms with E-state index in [1.165, 1.54) is 43.5 Å². The van der Waals surface area contributed by atoms with Gasteiger partial charge in [-0.1, -0.05) is 42.3 Å². The molecule has 0 saturated heterocycles. The van der Waals surface area contributed by atoms with Gasteiger partial charge in [0.05, 0.1) is 0 Å². The van der Waals surface area contributed by atoms with Crippen LogP contribution in [0.2, 0.25) is 5.02 Å². The van der Waals surface area contributed by atoms with E-state index in [1.54, 1.807) is 12.1 Å². The second-order valence-electron chi connectivity index (χ2n) is 5.56. The Morgan fingerprint density at radius 3 is 2.77 bits per heavy atom. The van der Waals surface area contributed by atoms with E-state index in [4.69, 9.17) is 11.6 Å². The van der Waals surface area contributed by atoms with E-state index in [2.05, 4.69) is 21.7 Å². The van der Waals surface area contributed by atoms with Crippen molar-refractivity contribution in [1.29, 1.82) is 0 Å². The highest BCUT2D eigenvalue weighted by atomic mass is 35.5. The first-order chi connectivity index (χ1) is 10.7. The number of hydrogen-bond donors (Lipinski definition) is 0. The molecular weight excluding hydrogens is 321 g/mol. The minimum absolute atomic E-state index is 0.265. The monoisotopic (exact) mass is 339 g/mol. The van der Waals surface area contributed by atoms with Gasteiger partial charge in [-0.05, 0) is 31.9 Å². The largest absolute Gasteiger partial charge is 0.306 e. The molecule has 0 atom stereocenters. The van der Waals surface area contributed by atoms with Gasteiger partial charge in [0.2, 0.25) is 0 Å². The lowest BCUT2D eigenvalue weighted by Gasteiger charge is -2.12. The molecule has 0 bridgehead atoms. The number of aromatic nitrogens is 3. The first kappa shape index (κ1) is 15.8. The van der Waals surface area contributed by atoms with Crippen LogP contribution in [0.1, 0.15) is 49.9 Å². The SMILES string of the molecule is CCn1c(SCc2c(F)cccc2Cl)nnc1C1CCCC1. The summed E-state index contributed by atoms with van der Waals surface area (Å²) in [5, 5.41) is 10.0. The predicted octanol–water partition coefficient (Wildman–Crippen LogP) is 5.04. The first-order valence-corrected chi connectivity index (χ1v) is 9.05. The van der Waals surface area contributed by atoms with E-state index in [0.717, 1.165) is 17.5 Å². The topological polar surface area (TPSA) is 30.7 Å². The van der Waals surface area contributed by atoms with Crippen molar-refractivity contribution in [3.8, 4) is 0 Å². The van der Waals surface area contributed by atoms with Gasteiger partial charge < -0.3 is 4.57 Å². The Bertz CT molecular complexity index is 633. The van der Waals surface area contributed by atoms with Crippen molar-refractivity contribution < 1.29 is 4.39 Å². The second kappa shape index (κ2) is 7.01. The molecule has 6 heteroatoms. The van der Waals surface area contributed by atoms with E-state index in [0.29, 0.717) is 22.3 Å². The summed E-state index contributed by atoms with van der Waals surface area (Å²) < 4.78 is 16.0. The molecular formula is C16H19ClFN3S. The van der Waals surface area contributed by atoms with Gasteiger partial charge in [0.1, 0.15) is 11.6 Å². The van der Waals surface area contributed by atoms with E-state index in [-0.39, 0.29) is 5.82 Å². The van der Waals surface area contributed by atoms with Crippen molar-refractivity contribution >= 4 is 23.4 Å². The van der Waals surface area contributed by atoms with Crippen molar-refractivity contribution in [2.75, 3.05) is 0 Å². The van der Waals surface area contributed by atoms with Gasteiger partial charge >= 0.3 is 0 Å². The Morgan fingerprint density at radius 2 is 2.09 bits per heavy atom. The summed E-state index contributed by atoms with van der Waals surface area (Å²) in [6.45, 7) is 2.94. The van der Waals surface area contributed by atoms with Crippen LogP contribution in [0.3, 0.4) is 0 Å². The molecule has 1 saturated carbocycles. The Kier molecular flexibility index (Phi) is 5.03. The van der Waals surface area contributed by atoms with Gasteiger partial charge in [-0.15, -0.1) is 10.2 Å². The molecule has 3 rings (SSSR count). The Balaban J connectivity index is 1.78. The molecule has 3 nitrogen and oxygen atoms in total. The quantitative estimate of drug-likeness (QED) is 0.715. The lowest BCUT2D eigenvalue weighted by molar-refractivity contribution is 0.575. The standard InChI is InChI=1S/C16H19ClFN3S/c1-2-21-15(11-6-3-4-7-11)19-20-16(21)22-10-12-13(17)8-5-9-14(12)18/h5,8-9,11H,2-4,6-7,10H2,1H3. The van der Waals surface area contributed by atoms with Crippen molar-refractivity contribution in [3.05, 3.63) is 40.4 Å². The van der Waals surface area contributed by atoms with E-state index < -0.39 is 0 Å². The minimum Gasteiger partial charge on any atom is -0.306 e. The van der Waals surface area contributed by atoms with Crippen molar-refractivity contribution in [1.82, 2.24) is 14.8 Å². The fourth-order valence-electron chi connectivity index (χ4n) is 3.00. The molecule has 0 spiro atoms. The Hall–Kier alpha value is -1.07. The van der Waals surface area contributed by atoms with Crippen LogP contribution in [-0.2, 0) is 12.3 Å². The maximum Gasteiger partial charge on any atom is 0.191 e. The van der Waals surface area contributed by atoms with Crippen LogP contribution in [0.4, 0.5) is 4.39 Å². The van der Waals surface area contributed by atoms with Gasteiger partial charge in [0.15, 0.2) is 5.16 Å². The van der Waals surface area contributed by atoms with Crippen LogP contribution < -0.4 is 0 Å². The van der Waals surface area contributed by atoms with E-state index >= 15 is 0 Å². The van der Waals surface area contributed by atoms with Gasteiger partial charge in [0.25, 0.3) is 0 Å². The zero-order valence-corrected chi connectivity index (χ0v) is 14.1. The summed E-state index contributed by atoms with van der Waals surface area (Å²) in [6, 6.07) is 4.78. The number of rotatable bonds is 5. The molecule has 0 amide bonds. The summed E-state index contributed by atoms with van der Waals surface area (Å²) in [6.07, 6.45) is 4.94. The summed E-state index contributed by atoms with van der Waals surface area (Å²) in [7, 11) is 0. The zero-order valence-electron chi connectivity index (χ0n) is 12.6. The Morgan fingerprint density at radius 1 is 1.32 bits per heavy atom. The van der Waals surface area contributed by atoms with Gasteiger partial charge in [-0.2, -0.15) is 0 Å². The summed E-state index contributed by atoms with van der Waals surface area (Å²) in [5.74, 6) is 1.81. The molecule has 0 radical (unpaired) electrons. The number of nitrogens with zero attached hydrogens (tertiary/aromatic N) is 3. The number of benzene rings is 1. The fraction of sp³-hybridized carbons (Fsp3) is 0.500. The minimum atomic E-state index is -0.265. The molecule has 2 aromatic rings. The van der Waals surface area contributed by atoms with Gasteiger partial charge in [-0.3, -0.25) is 0 Å². The molecule has 1 aromatic carbocycles. The lowest BCUT2D eigenvalue weighted by Crippen LogP contribution is -2.06. The molecule has 0 N–H and O–H groups in total. The number of hydrogen-bond acceptors (Lipinski definition) is 3. The summed E-state index contributed by atoms with van der Waals surface area (Å²) in [5.41, 5.74) is 0.530. The van der Waals surface area contributed by atoms with E-state index in [9.17, 15) is 4.39 Å². The third-order valence-electron chi connectivity index (χ3n) is 4.19. The number of thioether (sulfide) groups is 1. The third-order valence-corrected chi connectivity index (χ3v) is 5.54. The van der Waals surface area contributed by atoms with Crippen molar-refractivity contribution in [2.45, 2.75) is 56.0 Å². The normalized spacial score (nSPS) is 15.6. The molecule has 1 aliphatic carbocycles. The van der Waals surface area contributed by atoms with E-state index in [1.807, 2.05) is 0 Å². The van der Waals surface area contributed by atoms with Gasteiger partial charge in [0, 0.05) is 28.8 Å². The Labute approximate surface area is 139 Å². The van der Waals surface area contributed by atoms with Crippen LogP contribution in [0.25, 0.3) is 0 Å². The smallest absolute Gasteiger partial charge is 0.191 e. The molecule has 1 aromatic heterocycles. The van der Waals surface area contributed by atoms with Crippen molar-refractivity contribution in [2.24, 2.45) is 0 Å². The van der Waals surface area contributed by atoms with Crippen LogP contribution in [0, 0.1) is 5.82 Å². The van der Waals surface area contributed by atoms with Crippen LogP contribution in [-0.4, -0.2) is 14.8 Å². The summed E-state index contributed by atoms with van der Waals surface area (Å²) >= 11 is 7.58. The fourth-order valence-corrected chi connectivity index (χ4v) is 4.35. The van der Waals surface area contributed by atoms with Crippen LogP contribution in [0.15, 0.2) is 23.4 Å². The molecule has 1 heterocycles. The van der Waals surface area contributed by atoms with Crippen LogP contribution in [0.5, 0.6) is 0 Å².